The maximum Gasteiger partial charge on any atom is 0.165 e. The molecule has 0 saturated carbocycles. The van der Waals surface area contributed by atoms with Crippen LogP contribution in [0.25, 0.3) is 0 Å². The second kappa shape index (κ2) is 2.84. The van der Waals surface area contributed by atoms with Gasteiger partial charge >= 0.3 is 0 Å². The SMILES string of the molecule is NC(=S)c1cccc(F)c1O. The maximum atomic E-state index is 12.6. The van der Waals surface area contributed by atoms with Crippen LogP contribution in [0.2, 0.25) is 0 Å². The van der Waals surface area contributed by atoms with Crippen LogP contribution in [0.4, 0.5) is 4.39 Å². The molecule has 1 aromatic rings. The summed E-state index contributed by atoms with van der Waals surface area (Å²) in [4.78, 5) is -0.0120. The van der Waals surface area contributed by atoms with Gasteiger partial charge in [0.15, 0.2) is 11.6 Å². The molecule has 2 nitrogen and oxygen atoms in total. The number of rotatable bonds is 1. The number of para-hydroxylation sites is 1. The van der Waals surface area contributed by atoms with E-state index in [-0.39, 0.29) is 10.6 Å². The van der Waals surface area contributed by atoms with Gasteiger partial charge < -0.3 is 10.8 Å². The monoisotopic (exact) mass is 171 g/mol. The summed E-state index contributed by atoms with van der Waals surface area (Å²) in [6, 6.07) is 4.03. The molecule has 1 aromatic carbocycles. The number of hydrogen-bond acceptors (Lipinski definition) is 2. The molecule has 0 atom stereocenters. The molecule has 58 valence electrons. The third-order valence-electron chi connectivity index (χ3n) is 1.25. The molecule has 0 fully saturated rings. The van der Waals surface area contributed by atoms with Crippen molar-refractivity contribution in [1.82, 2.24) is 0 Å². The molecule has 0 unspecified atom stereocenters. The van der Waals surface area contributed by atoms with E-state index in [1.165, 1.54) is 12.1 Å². The first-order chi connectivity index (χ1) is 5.13. The van der Waals surface area contributed by atoms with E-state index in [0.29, 0.717) is 0 Å². The molecule has 0 amide bonds. The normalized spacial score (nSPS) is 9.55. The first-order valence-corrected chi connectivity index (χ1v) is 3.31. The van der Waals surface area contributed by atoms with Crippen molar-refractivity contribution >= 4 is 17.2 Å². The Hall–Kier alpha value is -1.16. The smallest absolute Gasteiger partial charge is 0.165 e. The molecule has 0 aliphatic heterocycles. The lowest BCUT2D eigenvalue weighted by atomic mass is 10.2. The van der Waals surface area contributed by atoms with Crippen LogP contribution in [0.3, 0.4) is 0 Å². The Morgan fingerprint density at radius 1 is 1.55 bits per heavy atom. The highest BCUT2D eigenvalue weighted by Crippen LogP contribution is 2.19. The zero-order valence-electron chi connectivity index (χ0n) is 5.54. The quantitative estimate of drug-likeness (QED) is 0.623. The molecule has 0 aliphatic carbocycles. The molecular formula is C7H6FNOS. The molecule has 0 radical (unpaired) electrons. The highest BCUT2D eigenvalue weighted by Gasteiger charge is 2.07. The van der Waals surface area contributed by atoms with Gasteiger partial charge in [-0.3, -0.25) is 0 Å². The Morgan fingerprint density at radius 3 is 2.64 bits per heavy atom. The topological polar surface area (TPSA) is 46.2 Å². The van der Waals surface area contributed by atoms with Crippen LogP contribution in [0.5, 0.6) is 5.75 Å². The number of halogens is 1. The van der Waals surface area contributed by atoms with E-state index in [0.717, 1.165) is 6.07 Å². The fourth-order valence-electron chi connectivity index (χ4n) is 0.714. The van der Waals surface area contributed by atoms with Gasteiger partial charge in [-0.1, -0.05) is 18.3 Å². The minimum absolute atomic E-state index is 0.0120. The Bertz CT molecular complexity index is 300. The Kier molecular flexibility index (Phi) is 2.05. The van der Waals surface area contributed by atoms with Gasteiger partial charge in [-0.05, 0) is 12.1 Å². The summed E-state index contributed by atoms with van der Waals surface area (Å²) in [5.41, 5.74) is 5.35. The van der Waals surface area contributed by atoms with Crippen molar-refractivity contribution in [3.05, 3.63) is 29.6 Å². The number of hydrogen-bond donors (Lipinski definition) is 2. The van der Waals surface area contributed by atoms with E-state index in [2.05, 4.69) is 12.2 Å². The largest absolute Gasteiger partial charge is 0.504 e. The highest BCUT2D eigenvalue weighted by molar-refractivity contribution is 7.80. The standard InChI is InChI=1S/C7H6FNOS/c8-5-3-1-2-4(6(5)10)7(9)11/h1-3,10H,(H2,9,11). The van der Waals surface area contributed by atoms with Gasteiger partial charge in [0.1, 0.15) is 4.99 Å². The van der Waals surface area contributed by atoms with Crippen LogP contribution in [-0.2, 0) is 0 Å². The van der Waals surface area contributed by atoms with Gasteiger partial charge in [0.25, 0.3) is 0 Å². The van der Waals surface area contributed by atoms with Crippen LogP contribution >= 0.6 is 12.2 Å². The minimum Gasteiger partial charge on any atom is -0.504 e. The summed E-state index contributed by atoms with van der Waals surface area (Å²) < 4.78 is 12.6. The fourth-order valence-corrected chi connectivity index (χ4v) is 0.879. The third-order valence-corrected chi connectivity index (χ3v) is 1.47. The Balaban J connectivity index is 3.27. The Morgan fingerprint density at radius 2 is 2.18 bits per heavy atom. The summed E-state index contributed by atoms with van der Waals surface area (Å²) in [7, 11) is 0. The maximum absolute atomic E-state index is 12.6. The number of aromatic hydroxyl groups is 1. The summed E-state index contributed by atoms with van der Waals surface area (Å²) in [6.45, 7) is 0. The van der Waals surface area contributed by atoms with Crippen LogP contribution in [0.1, 0.15) is 5.56 Å². The second-order valence-electron chi connectivity index (χ2n) is 2.00. The summed E-state index contributed by atoms with van der Waals surface area (Å²) in [5, 5.41) is 9.03. The van der Waals surface area contributed by atoms with E-state index >= 15 is 0 Å². The van der Waals surface area contributed by atoms with Gasteiger partial charge in [0.05, 0.1) is 5.56 Å². The first kappa shape index (κ1) is 7.94. The van der Waals surface area contributed by atoms with E-state index in [1.54, 1.807) is 0 Å². The van der Waals surface area contributed by atoms with Crippen molar-refractivity contribution in [2.45, 2.75) is 0 Å². The third kappa shape index (κ3) is 1.46. The lowest BCUT2D eigenvalue weighted by Gasteiger charge is -2.01. The van der Waals surface area contributed by atoms with Gasteiger partial charge in [0, 0.05) is 0 Å². The number of phenols is 1. The van der Waals surface area contributed by atoms with Crippen molar-refractivity contribution in [3.63, 3.8) is 0 Å². The molecule has 0 saturated heterocycles. The number of benzene rings is 1. The van der Waals surface area contributed by atoms with Gasteiger partial charge in [-0.25, -0.2) is 4.39 Å². The Labute approximate surface area is 68.5 Å². The molecular weight excluding hydrogens is 165 g/mol. The first-order valence-electron chi connectivity index (χ1n) is 2.90. The van der Waals surface area contributed by atoms with Gasteiger partial charge in [-0.2, -0.15) is 0 Å². The molecule has 0 heterocycles. The van der Waals surface area contributed by atoms with Crippen molar-refractivity contribution in [3.8, 4) is 5.75 Å². The molecule has 0 aliphatic rings. The molecule has 11 heavy (non-hydrogen) atoms. The highest BCUT2D eigenvalue weighted by atomic mass is 32.1. The van der Waals surface area contributed by atoms with Crippen LogP contribution in [0, 0.1) is 5.82 Å². The van der Waals surface area contributed by atoms with Crippen molar-refractivity contribution in [1.29, 1.82) is 0 Å². The predicted molar refractivity (Wildman–Crippen MR) is 44.0 cm³/mol. The van der Waals surface area contributed by atoms with Crippen molar-refractivity contribution in [2.75, 3.05) is 0 Å². The summed E-state index contributed by atoms with van der Waals surface area (Å²) in [5.74, 6) is -1.20. The van der Waals surface area contributed by atoms with E-state index in [1.807, 2.05) is 0 Å². The lowest BCUT2D eigenvalue weighted by molar-refractivity contribution is 0.431. The number of phenolic OH excluding ortho intramolecular Hbond substituents is 1. The summed E-state index contributed by atoms with van der Waals surface area (Å²) in [6.07, 6.45) is 0. The number of nitrogens with two attached hydrogens (primary N) is 1. The zero-order valence-corrected chi connectivity index (χ0v) is 6.36. The minimum atomic E-state index is -0.713. The predicted octanol–water partition coefficient (Wildman–Crippen LogP) is 1.17. The zero-order chi connectivity index (χ0) is 8.43. The average Bonchev–Trinajstić information content (AvgIpc) is 1.94. The fraction of sp³-hybridized carbons (Fsp3) is 0. The molecule has 1 rings (SSSR count). The average molecular weight is 171 g/mol. The van der Waals surface area contributed by atoms with Gasteiger partial charge in [-0.15, -0.1) is 0 Å². The number of thiocarbonyl (C=S) groups is 1. The van der Waals surface area contributed by atoms with Crippen LogP contribution in [-0.4, -0.2) is 10.1 Å². The van der Waals surface area contributed by atoms with Gasteiger partial charge in [0.2, 0.25) is 0 Å². The van der Waals surface area contributed by atoms with Crippen LogP contribution in [0.15, 0.2) is 18.2 Å². The molecule has 0 aromatic heterocycles. The second-order valence-corrected chi connectivity index (χ2v) is 2.44. The molecule has 0 spiro atoms. The molecule has 3 N–H and O–H groups in total. The van der Waals surface area contributed by atoms with Crippen molar-refractivity contribution in [2.24, 2.45) is 5.73 Å². The van der Waals surface area contributed by atoms with E-state index in [4.69, 9.17) is 10.8 Å². The van der Waals surface area contributed by atoms with Crippen molar-refractivity contribution < 1.29 is 9.50 Å². The van der Waals surface area contributed by atoms with E-state index in [9.17, 15) is 4.39 Å². The van der Waals surface area contributed by atoms with E-state index < -0.39 is 11.6 Å². The summed E-state index contributed by atoms with van der Waals surface area (Å²) >= 11 is 4.56. The molecule has 0 bridgehead atoms. The lowest BCUT2D eigenvalue weighted by Crippen LogP contribution is -2.09. The van der Waals surface area contributed by atoms with Crippen LogP contribution < -0.4 is 5.73 Å². The molecule has 4 heteroatoms.